The molecule has 8 nitrogen and oxygen atoms in total. The van der Waals surface area contributed by atoms with Gasteiger partial charge in [-0.25, -0.2) is 4.79 Å². The van der Waals surface area contributed by atoms with Gasteiger partial charge in [0.1, 0.15) is 23.2 Å². The van der Waals surface area contributed by atoms with Crippen molar-refractivity contribution in [3.05, 3.63) is 71.7 Å². The Bertz CT molecular complexity index is 1220. The van der Waals surface area contributed by atoms with Crippen molar-refractivity contribution in [2.45, 2.75) is 13.0 Å². The number of nitrogens with one attached hydrogen (secondary N) is 2. The summed E-state index contributed by atoms with van der Waals surface area (Å²) in [6.07, 6.45) is 4.67. The number of hydrogen-bond acceptors (Lipinski definition) is 8. The second-order valence-electron chi connectivity index (χ2n) is 7.24. The van der Waals surface area contributed by atoms with Crippen LogP contribution in [-0.2, 0) is 4.74 Å². The number of pyridine rings is 1. The van der Waals surface area contributed by atoms with E-state index in [4.69, 9.17) is 14.3 Å². The van der Waals surface area contributed by atoms with Crippen LogP contribution in [0.3, 0.4) is 0 Å². The molecular formula is C24H25N3O5. The largest absolute Gasteiger partial charge is 0.507 e. The number of phenols is 1. The first-order valence-corrected chi connectivity index (χ1v) is 10.4. The Morgan fingerprint density at radius 1 is 1.16 bits per heavy atom. The SMILES string of the molecule is CCNCCNC(c1ccncc1)c1c(O)c2ccccc2c2occ(C(=O)OCO)c12. The zero-order chi connectivity index (χ0) is 22.5. The first kappa shape index (κ1) is 21.8. The van der Waals surface area contributed by atoms with Gasteiger partial charge in [-0.05, 0) is 24.2 Å². The number of carbonyl (C=O) groups is 1. The minimum Gasteiger partial charge on any atom is -0.507 e. The second kappa shape index (κ2) is 9.78. The van der Waals surface area contributed by atoms with E-state index in [1.54, 1.807) is 12.4 Å². The molecule has 4 rings (SSSR count). The van der Waals surface area contributed by atoms with Crippen LogP contribution < -0.4 is 10.6 Å². The lowest BCUT2D eigenvalue weighted by molar-refractivity contribution is 0.00695. The van der Waals surface area contributed by atoms with E-state index in [1.807, 2.05) is 43.3 Å². The van der Waals surface area contributed by atoms with Crippen molar-refractivity contribution < 1.29 is 24.2 Å². The molecule has 4 N–H and O–H groups in total. The van der Waals surface area contributed by atoms with E-state index in [0.29, 0.717) is 33.8 Å². The van der Waals surface area contributed by atoms with Gasteiger partial charge in [0.25, 0.3) is 0 Å². The number of phenolic OH excluding ortho intramolecular Hbond substituents is 1. The Morgan fingerprint density at radius 3 is 2.62 bits per heavy atom. The van der Waals surface area contributed by atoms with E-state index in [-0.39, 0.29) is 11.3 Å². The molecule has 2 aromatic heterocycles. The third-order valence-corrected chi connectivity index (χ3v) is 5.39. The maximum Gasteiger partial charge on any atom is 0.344 e. The maximum absolute atomic E-state index is 12.6. The van der Waals surface area contributed by atoms with Crippen LogP contribution in [0.1, 0.15) is 34.5 Å². The van der Waals surface area contributed by atoms with Crippen molar-refractivity contribution in [1.82, 2.24) is 15.6 Å². The fraction of sp³-hybridized carbons (Fsp3) is 0.250. The number of rotatable bonds is 9. The molecular weight excluding hydrogens is 410 g/mol. The number of aliphatic hydroxyl groups excluding tert-OH is 1. The number of furan rings is 1. The molecule has 4 aromatic rings. The zero-order valence-electron chi connectivity index (χ0n) is 17.7. The highest BCUT2D eigenvalue weighted by Crippen LogP contribution is 2.44. The van der Waals surface area contributed by atoms with Crippen molar-refractivity contribution in [2.75, 3.05) is 26.4 Å². The van der Waals surface area contributed by atoms with Gasteiger partial charge in [0.15, 0.2) is 6.79 Å². The number of fused-ring (bicyclic) bond motifs is 3. The summed E-state index contributed by atoms with van der Waals surface area (Å²) in [5, 5.41) is 29.0. The second-order valence-corrected chi connectivity index (χ2v) is 7.24. The first-order chi connectivity index (χ1) is 15.7. The van der Waals surface area contributed by atoms with Crippen LogP contribution in [0, 0.1) is 0 Å². The highest BCUT2D eigenvalue weighted by molar-refractivity contribution is 6.16. The lowest BCUT2D eigenvalue weighted by Crippen LogP contribution is -2.31. The fourth-order valence-corrected chi connectivity index (χ4v) is 3.97. The molecule has 0 aliphatic heterocycles. The van der Waals surface area contributed by atoms with Gasteiger partial charge in [-0.2, -0.15) is 0 Å². The van der Waals surface area contributed by atoms with E-state index >= 15 is 0 Å². The van der Waals surface area contributed by atoms with Crippen LogP contribution in [-0.4, -0.2) is 47.6 Å². The Labute approximate surface area is 184 Å². The number of aliphatic hydroxyl groups is 1. The summed E-state index contributed by atoms with van der Waals surface area (Å²) in [7, 11) is 0. The normalized spacial score (nSPS) is 12.3. The number of carbonyl (C=O) groups excluding carboxylic acids is 1. The van der Waals surface area contributed by atoms with Gasteiger partial charge in [-0.15, -0.1) is 0 Å². The third kappa shape index (κ3) is 4.03. The van der Waals surface area contributed by atoms with Crippen LogP contribution in [0.4, 0.5) is 0 Å². The van der Waals surface area contributed by atoms with Crippen LogP contribution in [0.2, 0.25) is 0 Å². The van der Waals surface area contributed by atoms with Gasteiger partial charge >= 0.3 is 5.97 Å². The van der Waals surface area contributed by atoms with E-state index in [9.17, 15) is 9.90 Å². The van der Waals surface area contributed by atoms with Crippen molar-refractivity contribution in [3.8, 4) is 5.75 Å². The van der Waals surface area contributed by atoms with Crippen LogP contribution in [0.5, 0.6) is 5.75 Å². The molecule has 0 saturated carbocycles. The predicted octanol–water partition coefficient (Wildman–Crippen LogP) is 3.08. The van der Waals surface area contributed by atoms with Crippen LogP contribution in [0.15, 0.2) is 59.5 Å². The summed E-state index contributed by atoms with van der Waals surface area (Å²) in [5.41, 5.74) is 1.97. The van der Waals surface area contributed by atoms with Gasteiger partial charge in [0.05, 0.1) is 6.04 Å². The molecule has 0 amide bonds. The molecule has 0 saturated heterocycles. The van der Waals surface area contributed by atoms with Crippen LogP contribution in [0.25, 0.3) is 21.7 Å². The smallest absolute Gasteiger partial charge is 0.344 e. The van der Waals surface area contributed by atoms with Crippen LogP contribution >= 0.6 is 0 Å². The highest BCUT2D eigenvalue weighted by Gasteiger charge is 2.29. The molecule has 0 aliphatic carbocycles. The van der Waals surface area contributed by atoms with E-state index in [0.717, 1.165) is 18.7 Å². The minimum absolute atomic E-state index is 0.0466. The Balaban J connectivity index is 1.98. The third-order valence-electron chi connectivity index (χ3n) is 5.39. The first-order valence-electron chi connectivity index (χ1n) is 10.4. The Morgan fingerprint density at radius 2 is 1.91 bits per heavy atom. The summed E-state index contributed by atoms with van der Waals surface area (Å²) in [6, 6.07) is 10.6. The molecule has 0 bridgehead atoms. The summed E-state index contributed by atoms with van der Waals surface area (Å²) >= 11 is 0. The number of likely N-dealkylation sites (N-methyl/N-ethyl adjacent to an activating group) is 1. The molecule has 1 unspecified atom stereocenters. The summed E-state index contributed by atoms with van der Waals surface area (Å²) in [4.78, 5) is 16.7. The molecule has 166 valence electrons. The van der Waals surface area contributed by atoms with Crippen molar-refractivity contribution >= 4 is 27.7 Å². The van der Waals surface area contributed by atoms with E-state index in [2.05, 4.69) is 15.6 Å². The van der Waals surface area contributed by atoms with Gasteiger partial charge in [-0.1, -0.05) is 31.2 Å². The molecule has 1 atom stereocenters. The van der Waals surface area contributed by atoms with E-state index in [1.165, 1.54) is 6.26 Å². The monoisotopic (exact) mass is 435 g/mol. The molecule has 32 heavy (non-hydrogen) atoms. The van der Waals surface area contributed by atoms with Crippen molar-refractivity contribution in [1.29, 1.82) is 0 Å². The molecule has 0 aliphatic rings. The maximum atomic E-state index is 12.6. The highest BCUT2D eigenvalue weighted by atomic mass is 16.6. The number of benzene rings is 2. The van der Waals surface area contributed by atoms with Gasteiger partial charge in [-0.3, -0.25) is 4.98 Å². The number of hydrogen-bond donors (Lipinski definition) is 4. The standard InChI is InChI=1S/C24H25N3O5/c1-2-25-11-12-27-21(15-7-9-26-10-8-15)20-19-18(24(30)32-14-28)13-31-23(19)17-6-4-3-5-16(17)22(20)29/h3-10,13,21,25,27-29H,2,11-12,14H2,1H3. The predicted molar refractivity (Wildman–Crippen MR) is 121 cm³/mol. The van der Waals surface area contributed by atoms with Crippen molar-refractivity contribution in [3.63, 3.8) is 0 Å². The molecule has 0 spiro atoms. The average molecular weight is 435 g/mol. The molecule has 0 fully saturated rings. The van der Waals surface area contributed by atoms with Gasteiger partial charge in [0.2, 0.25) is 0 Å². The number of aromatic hydroxyl groups is 1. The molecule has 8 heteroatoms. The Kier molecular flexibility index (Phi) is 6.65. The Hall–Kier alpha value is -3.46. The van der Waals surface area contributed by atoms with Crippen molar-refractivity contribution in [2.24, 2.45) is 0 Å². The van der Waals surface area contributed by atoms with Gasteiger partial charge < -0.3 is 30.0 Å². The molecule has 2 heterocycles. The fourth-order valence-electron chi connectivity index (χ4n) is 3.97. The lowest BCUT2D eigenvalue weighted by atomic mass is 9.90. The quantitative estimate of drug-likeness (QED) is 0.180. The summed E-state index contributed by atoms with van der Waals surface area (Å²) < 4.78 is 10.6. The average Bonchev–Trinajstić information content (AvgIpc) is 3.26. The number of aromatic nitrogens is 1. The number of esters is 1. The lowest BCUT2D eigenvalue weighted by Gasteiger charge is -2.23. The number of nitrogens with zero attached hydrogens (tertiary/aromatic N) is 1. The van der Waals surface area contributed by atoms with Gasteiger partial charge in [0, 0.05) is 47.2 Å². The van der Waals surface area contributed by atoms with E-state index < -0.39 is 18.8 Å². The zero-order valence-corrected chi connectivity index (χ0v) is 17.7. The molecule has 0 radical (unpaired) electrons. The minimum atomic E-state index is -0.755. The number of ether oxygens (including phenoxy) is 1. The molecule has 2 aromatic carbocycles. The topological polar surface area (TPSA) is 117 Å². The summed E-state index contributed by atoms with van der Waals surface area (Å²) in [6.45, 7) is 3.45. The summed E-state index contributed by atoms with van der Waals surface area (Å²) in [5.74, 6) is -0.686.